The fraction of sp³-hybridized carbons (Fsp3) is 0.500. The highest BCUT2D eigenvalue weighted by Gasteiger charge is 2.66. The lowest BCUT2D eigenvalue weighted by Gasteiger charge is -2.69. The molecule has 2 amide bonds. The number of aromatic nitrogens is 4. The third-order valence-corrected chi connectivity index (χ3v) is 18.3. The molecule has 82 heavy (non-hydrogen) atoms. The molecule has 6 aliphatic rings. The molecule has 3 aromatic heterocycles. The van der Waals surface area contributed by atoms with Crippen LogP contribution in [0.3, 0.4) is 0 Å². The number of carboxylic acid groups (broad SMARTS) is 1. The number of nitrogens with one attached hydrogen (secondary N) is 2. The highest BCUT2D eigenvalue weighted by Crippen LogP contribution is 2.72. The summed E-state index contributed by atoms with van der Waals surface area (Å²) in [5.41, 5.74) is 11.6. The number of aliphatic hydroxyl groups excluding tert-OH is 4. The molecule has 4 aliphatic carbocycles. The predicted molar refractivity (Wildman–Crippen MR) is 307 cm³/mol. The van der Waals surface area contributed by atoms with Gasteiger partial charge in [-0.15, -0.1) is 0 Å². The smallest absolute Gasteiger partial charge is 0.409 e. The highest BCUT2D eigenvalue weighted by atomic mass is 32.1. The van der Waals surface area contributed by atoms with Gasteiger partial charge in [0.15, 0.2) is 10.8 Å². The third-order valence-electron chi connectivity index (χ3n) is 17.3. The number of benzene rings is 3. The minimum Gasteiger partial charge on any atom is -0.476 e. The Morgan fingerprint density at radius 3 is 2.48 bits per heavy atom. The maximum Gasteiger partial charge on any atom is 0.409 e. The molecular weight excluding hydrogens is 1070 g/mol. The van der Waals surface area contributed by atoms with Crippen molar-refractivity contribution < 1.29 is 58.9 Å². The Morgan fingerprint density at radius 1 is 0.927 bits per heavy atom. The number of aliphatic hydroxyl groups is 4. The Kier molecular flexibility index (Phi) is 15.9. The Labute approximate surface area is 479 Å². The molecule has 3 aromatic carbocycles. The molecule has 2 aliphatic heterocycles. The van der Waals surface area contributed by atoms with Crippen LogP contribution in [0.15, 0.2) is 79.0 Å². The van der Waals surface area contributed by atoms with Crippen molar-refractivity contribution in [3.63, 3.8) is 0 Å². The van der Waals surface area contributed by atoms with E-state index in [0.717, 1.165) is 65.6 Å². The first-order valence-electron chi connectivity index (χ1n) is 28.1. The molecule has 0 spiro atoms. The van der Waals surface area contributed by atoms with E-state index in [0.29, 0.717) is 97.6 Å². The van der Waals surface area contributed by atoms with Crippen molar-refractivity contribution in [3.05, 3.63) is 113 Å². The minimum absolute atomic E-state index is 0.0256. The SMILES string of the molecule is Cc1c(-c2ccc(N3CCc4cccc(C(=O)Nc5nc6ccccc6s5)c4C3)nc2C(=O)O)cnn1CC12CC3(C)CC(C)(C1)CC(OCCN(C)C(=O)OCc1ccc(O[C@@H]4O[C@H](CO)[C@H](O)[C@H](O)[C@H]4O)c(NCCCN)c1)(C3)C2. The number of hydrogen-bond donors (Lipinski definition) is 8. The molecule has 5 heterocycles. The molecule has 2 unspecified atom stereocenters. The van der Waals surface area contributed by atoms with Crippen LogP contribution in [0.1, 0.15) is 102 Å². The number of ether oxygens (including phenoxy) is 4. The van der Waals surface area contributed by atoms with Crippen LogP contribution in [0.5, 0.6) is 5.75 Å². The van der Waals surface area contributed by atoms with E-state index < -0.39 is 55.0 Å². The van der Waals surface area contributed by atoms with Crippen LogP contribution in [-0.4, -0.2) is 151 Å². The van der Waals surface area contributed by atoms with E-state index in [1.807, 2.05) is 71.1 Å². The van der Waals surface area contributed by atoms with Crippen molar-refractivity contribution in [2.24, 2.45) is 22.0 Å². The second-order valence-electron chi connectivity index (χ2n) is 24.1. The number of hydrogen-bond acceptors (Lipinski definition) is 18. The fourth-order valence-corrected chi connectivity index (χ4v) is 15.6. The maximum atomic E-state index is 13.8. The normalized spacial score (nSPS) is 27.3. The third kappa shape index (κ3) is 11.5. The molecule has 5 fully saturated rings. The molecule has 21 nitrogen and oxygen atoms in total. The Balaban J connectivity index is 0.730. The zero-order valence-corrected chi connectivity index (χ0v) is 47.5. The number of nitrogens with two attached hydrogens (primary N) is 1. The summed E-state index contributed by atoms with van der Waals surface area (Å²) >= 11 is 1.42. The van der Waals surface area contributed by atoms with Gasteiger partial charge in [-0.3, -0.25) is 14.8 Å². The zero-order valence-electron chi connectivity index (χ0n) is 46.7. The van der Waals surface area contributed by atoms with Crippen molar-refractivity contribution >= 4 is 56.2 Å². The molecule has 9 N–H and O–H groups in total. The standard InChI is InChI=1S/C60H73N9O12S/c1-35-40(38-14-16-47(65-48(38)53(75)76)68-20-17-37-9-7-10-39(41(37)25-68)52(74)66-55-64-42-11-5-6-12-46(42)82-55)24-63-69(35)34-59-29-57(2)28-58(3,30-59)32-60(31-57,33-59)79-22-21-67(4)56(77)78-27-36-13-15-44(43(23-36)62-19-8-18-61)80-54-51(73)50(72)49(71)45(26-70)81-54/h5-7,9-16,23-24,45,49-51,54,62,70-73H,8,17-22,25-34,61H2,1-4H3,(H,75,76)(H,64,66,74)/t45-,49+,50+,51-,54-,57?,58?,59?,60?/m1/s1. The van der Waals surface area contributed by atoms with Crippen LogP contribution < -0.4 is 26.0 Å². The lowest BCUT2D eigenvalue weighted by atomic mass is 9.39. The van der Waals surface area contributed by atoms with Gasteiger partial charge in [-0.05, 0) is 140 Å². The van der Waals surface area contributed by atoms with Crippen LogP contribution in [0.25, 0.3) is 21.3 Å². The maximum absolute atomic E-state index is 13.8. The summed E-state index contributed by atoms with van der Waals surface area (Å²) in [6, 6.07) is 22.2. The second kappa shape index (κ2) is 22.8. The topological polar surface area (TPSA) is 289 Å². The van der Waals surface area contributed by atoms with E-state index in [4.69, 9.17) is 34.8 Å². The number of amides is 2. The summed E-state index contributed by atoms with van der Waals surface area (Å²) in [5, 5.41) is 63.2. The number of anilines is 3. The number of fused-ring (bicyclic) bond motifs is 2. The number of nitrogens with zero attached hydrogens (tertiary/aromatic N) is 6. The number of carbonyl (C=O) groups excluding carboxylic acids is 2. The summed E-state index contributed by atoms with van der Waals surface area (Å²) in [6.45, 7) is 9.23. The highest BCUT2D eigenvalue weighted by molar-refractivity contribution is 7.22. The van der Waals surface area contributed by atoms with Gasteiger partial charge in [0.1, 0.15) is 42.6 Å². The number of carbonyl (C=O) groups is 3. The summed E-state index contributed by atoms with van der Waals surface area (Å²) in [5.74, 6) is -0.621. The summed E-state index contributed by atoms with van der Waals surface area (Å²) in [7, 11) is 1.68. The number of thiazole rings is 1. The van der Waals surface area contributed by atoms with Crippen LogP contribution >= 0.6 is 11.3 Å². The Hall–Kier alpha value is -6.76. The van der Waals surface area contributed by atoms with Crippen molar-refractivity contribution in [1.29, 1.82) is 0 Å². The van der Waals surface area contributed by atoms with Gasteiger partial charge in [0.25, 0.3) is 5.91 Å². The van der Waals surface area contributed by atoms with Gasteiger partial charge in [0, 0.05) is 62.2 Å². The lowest BCUT2D eigenvalue weighted by molar-refractivity contribution is -0.277. The van der Waals surface area contributed by atoms with Crippen LogP contribution in [0.2, 0.25) is 0 Å². The number of carboxylic acids is 1. The van der Waals surface area contributed by atoms with Gasteiger partial charge in [-0.1, -0.05) is 55.5 Å². The van der Waals surface area contributed by atoms with E-state index in [-0.39, 0.29) is 40.2 Å². The van der Waals surface area contributed by atoms with Gasteiger partial charge in [0.2, 0.25) is 6.29 Å². The van der Waals surface area contributed by atoms with Crippen LogP contribution in [0.4, 0.5) is 21.4 Å². The average molecular weight is 1140 g/mol. The lowest BCUT2D eigenvalue weighted by Crippen LogP contribution is -2.64. The summed E-state index contributed by atoms with van der Waals surface area (Å²) < 4.78 is 27.3. The first kappa shape index (κ1) is 57.1. The zero-order chi connectivity index (χ0) is 57.7. The molecule has 6 aromatic rings. The molecule has 7 atom stereocenters. The van der Waals surface area contributed by atoms with E-state index in [1.165, 1.54) is 16.2 Å². The van der Waals surface area contributed by atoms with Crippen LogP contribution in [-0.2, 0) is 40.3 Å². The number of para-hydroxylation sites is 1. The van der Waals surface area contributed by atoms with Crippen molar-refractivity contribution in [2.45, 2.75) is 128 Å². The largest absolute Gasteiger partial charge is 0.476 e. The van der Waals surface area contributed by atoms with Crippen molar-refractivity contribution in [2.75, 3.05) is 62.0 Å². The van der Waals surface area contributed by atoms with E-state index in [1.54, 1.807) is 31.4 Å². The first-order valence-corrected chi connectivity index (χ1v) is 29.0. The quantitative estimate of drug-likeness (QED) is 0.0368. The van der Waals surface area contributed by atoms with Gasteiger partial charge < -0.3 is 65.3 Å². The molecular formula is C60H73N9O12S. The van der Waals surface area contributed by atoms with Crippen molar-refractivity contribution in [1.82, 2.24) is 24.6 Å². The first-order chi connectivity index (χ1) is 39.3. The summed E-state index contributed by atoms with van der Waals surface area (Å²) in [4.78, 5) is 53.2. The second-order valence-corrected chi connectivity index (χ2v) is 25.2. The summed E-state index contributed by atoms with van der Waals surface area (Å²) in [6.07, 6.45) is 1.02. The molecule has 4 bridgehead atoms. The number of pyridine rings is 1. The Morgan fingerprint density at radius 2 is 1.72 bits per heavy atom. The average Bonchev–Trinajstić information content (AvgIpc) is 2.80. The number of aromatic carboxylic acids is 1. The fourth-order valence-electron chi connectivity index (χ4n) is 14.7. The van der Waals surface area contributed by atoms with E-state index in [2.05, 4.69) is 29.5 Å². The monoisotopic (exact) mass is 1140 g/mol. The molecule has 436 valence electrons. The van der Waals surface area contributed by atoms with Gasteiger partial charge in [0.05, 0.1) is 40.9 Å². The molecule has 4 saturated carbocycles. The van der Waals surface area contributed by atoms with E-state index in [9.17, 15) is 39.9 Å². The van der Waals surface area contributed by atoms with Crippen molar-refractivity contribution in [3.8, 4) is 16.9 Å². The van der Waals surface area contributed by atoms with Gasteiger partial charge in [-0.2, -0.15) is 5.10 Å². The van der Waals surface area contributed by atoms with Gasteiger partial charge in [-0.25, -0.2) is 19.6 Å². The molecule has 1 saturated heterocycles. The molecule has 22 heteroatoms. The number of likely N-dealkylation sites (N-methyl/N-ethyl adjacent to an activating group) is 1. The van der Waals surface area contributed by atoms with Crippen LogP contribution in [0, 0.1) is 23.2 Å². The minimum atomic E-state index is -1.60. The Bertz CT molecular complexity index is 3320. The number of rotatable bonds is 20. The molecule has 12 rings (SSSR count). The molecule has 0 radical (unpaired) electrons. The predicted octanol–water partition coefficient (Wildman–Crippen LogP) is 6.72. The van der Waals surface area contributed by atoms with E-state index >= 15 is 0 Å². The van der Waals surface area contributed by atoms with Gasteiger partial charge >= 0.3 is 12.1 Å².